The monoisotopic (exact) mass is 387 g/mol. The Kier molecular flexibility index (Phi) is 6.03. The van der Waals surface area contributed by atoms with E-state index < -0.39 is 5.97 Å². The van der Waals surface area contributed by atoms with Gasteiger partial charge in [-0.15, -0.1) is 0 Å². The number of hydrogen-bond donors (Lipinski definition) is 2. The third-order valence-corrected chi connectivity index (χ3v) is 3.68. The summed E-state index contributed by atoms with van der Waals surface area (Å²) in [6, 6.07) is 18.0. The molecule has 0 saturated carbocycles. The normalized spacial score (nSPS) is 13.0. The molecule has 0 aromatic heterocycles. The Morgan fingerprint density at radius 2 is 1.50 bits per heavy atom. The molecule has 1 amide bonds. The van der Waals surface area contributed by atoms with E-state index in [4.69, 9.17) is 5.11 Å². The second-order valence-electron chi connectivity index (χ2n) is 4.89. The maximum absolute atomic E-state index is 11.1. The first-order chi connectivity index (χ1) is 11.5. The number of amides is 1. The molecule has 3 rings (SSSR count). The summed E-state index contributed by atoms with van der Waals surface area (Å²) in [5.74, 6) is -1.32. The number of carbonyl (C=O) groups is 3. The average molecular weight is 388 g/mol. The minimum Gasteiger partial charge on any atom is -0.478 e. The van der Waals surface area contributed by atoms with E-state index in [-0.39, 0.29) is 22.6 Å². The molecular formula is C18H14BrNO4. The van der Waals surface area contributed by atoms with Gasteiger partial charge in [-0.2, -0.15) is 0 Å². The van der Waals surface area contributed by atoms with E-state index >= 15 is 0 Å². The van der Waals surface area contributed by atoms with Crippen molar-refractivity contribution in [1.29, 1.82) is 0 Å². The van der Waals surface area contributed by atoms with Crippen LogP contribution in [0.25, 0.3) is 5.70 Å². The van der Waals surface area contributed by atoms with Crippen molar-refractivity contribution in [2.75, 3.05) is 0 Å². The summed E-state index contributed by atoms with van der Waals surface area (Å²) in [6.07, 6.45) is -0.0560. The van der Waals surface area contributed by atoms with Crippen molar-refractivity contribution in [3.63, 3.8) is 0 Å². The minimum atomic E-state index is -1.05. The van der Waals surface area contributed by atoms with Crippen LogP contribution in [0.4, 0.5) is 0 Å². The van der Waals surface area contributed by atoms with Gasteiger partial charge in [-0.1, -0.05) is 60.7 Å². The highest BCUT2D eigenvalue weighted by atomic mass is 79.9. The van der Waals surface area contributed by atoms with Crippen molar-refractivity contribution in [2.45, 2.75) is 6.42 Å². The van der Waals surface area contributed by atoms with Gasteiger partial charge in [0.25, 0.3) is 0 Å². The lowest BCUT2D eigenvalue weighted by Crippen LogP contribution is -2.13. The molecular weight excluding hydrogens is 374 g/mol. The maximum atomic E-state index is 11.1. The number of halogens is 1. The Labute approximate surface area is 147 Å². The van der Waals surface area contributed by atoms with Crippen LogP contribution in [0, 0.1) is 0 Å². The van der Waals surface area contributed by atoms with E-state index in [0.717, 1.165) is 5.56 Å². The zero-order chi connectivity index (χ0) is 17.5. The third kappa shape index (κ3) is 4.63. The number of carboxylic acids is 1. The summed E-state index contributed by atoms with van der Waals surface area (Å²) in [5.41, 5.74) is 1.96. The predicted molar refractivity (Wildman–Crippen MR) is 93.5 cm³/mol. The van der Waals surface area contributed by atoms with Gasteiger partial charge in [-0.05, 0) is 21.5 Å². The highest BCUT2D eigenvalue weighted by Crippen LogP contribution is 2.23. The highest BCUT2D eigenvalue weighted by Gasteiger charge is 2.26. The molecule has 24 heavy (non-hydrogen) atoms. The molecule has 0 radical (unpaired) electrons. The van der Waals surface area contributed by atoms with Gasteiger partial charge in [0.15, 0.2) is 0 Å². The van der Waals surface area contributed by atoms with Gasteiger partial charge in [0.1, 0.15) is 0 Å². The molecule has 2 aromatic carbocycles. The molecule has 0 aliphatic carbocycles. The average Bonchev–Trinajstić information content (AvgIpc) is 2.99. The topological polar surface area (TPSA) is 83.5 Å². The van der Waals surface area contributed by atoms with Crippen molar-refractivity contribution >= 4 is 38.2 Å². The minimum absolute atomic E-state index is 0.0560. The Balaban J connectivity index is 0.000000198. The molecule has 0 fully saturated rings. The van der Waals surface area contributed by atoms with E-state index in [1.54, 1.807) is 36.4 Å². The molecule has 0 bridgehead atoms. The lowest BCUT2D eigenvalue weighted by atomic mass is 10.1. The van der Waals surface area contributed by atoms with Gasteiger partial charge in [0.2, 0.25) is 10.6 Å². The second-order valence-corrected chi connectivity index (χ2v) is 5.61. The lowest BCUT2D eigenvalue weighted by molar-refractivity contribution is -0.133. The molecule has 0 unspecified atom stereocenters. The molecule has 0 atom stereocenters. The summed E-state index contributed by atoms with van der Waals surface area (Å²) in [5, 5.41) is 11.5. The van der Waals surface area contributed by atoms with Crippen LogP contribution in [0.15, 0.2) is 66.2 Å². The van der Waals surface area contributed by atoms with Gasteiger partial charge >= 0.3 is 5.97 Å². The molecule has 0 spiro atoms. The van der Waals surface area contributed by atoms with E-state index in [9.17, 15) is 14.4 Å². The van der Waals surface area contributed by atoms with Gasteiger partial charge in [0.05, 0.1) is 17.7 Å². The third-order valence-electron chi connectivity index (χ3n) is 3.22. The zero-order valence-electron chi connectivity index (χ0n) is 12.5. The number of carbonyl (C=O) groups excluding carboxylic acids is 2. The first kappa shape index (κ1) is 17.6. The fourth-order valence-corrected chi connectivity index (χ4v) is 2.38. The number of hydrogen-bond acceptors (Lipinski definition) is 3. The van der Waals surface area contributed by atoms with Crippen LogP contribution in [0.5, 0.6) is 0 Å². The summed E-state index contributed by atoms with van der Waals surface area (Å²) in [7, 11) is 0. The summed E-state index contributed by atoms with van der Waals surface area (Å²) in [4.78, 5) is 32.6. The molecule has 1 heterocycles. The molecule has 2 aromatic rings. The van der Waals surface area contributed by atoms with Crippen molar-refractivity contribution in [3.8, 4) is 0 Å². The Morgan fingerprint density at radius 1 is 0.958 bits per heavy atom. The first-order valence-corrected chi connectivity index (χ1v) is 7.85. The molecule has 6 heteroatoms. The molecule has 1 aliphatic rings. The van der Waals surface area contributed by atoms with Crippen molar-refractivity contribution in [3.05, 3.63) is 77.4 Å². The smallest absolute Gasteiger partial charge is 0.334 e. The largest absolute Gasteiger partial charge is 0.478 e. The molecule has 2 N–H and O–H groups in total. The quantitative estimate of drug-likeness (QED) is 0.791. The van der Waals surface area contributed by atoms with Crippen LogP contribution in [0.2, 0.25) is 0 Å². The number of nitrogens with one attached hydrogen (secondary N) is 1. The number of carboxylic acid groups (broad SMARTS) is 1. The Morgan fingerprint density at radius 3 is 1.96 bits per heavy atom. The lowest BCUT2D eigenvalue weighted by Gasteiger charge is -2.03. The highest BCUT2D eigenvalue weighted by molar-refractivity contribution is 9.18. The standard InChI is InChI=1S/C11H9NO3.C7H5BrO/c13-9-6-8(11(14)15)10(12-9)7-4-2-1-3-5-7;8-7(9)6-4-2-1-3-5-6/h1-5H,6H2,(H,12,13)(H,14,15);1-5H. The Bertz CT molecular complexity index is 785. The van der Waals surface area contributed by atoms with E-state index in [1.807, 2.05) is 24.3 Å². The van der Waals surface area contributed by atoms with Crippen LogP contribution < -0.4 is 5.32 Å². The summed E-state index contributed by atoms with van der Waals surface area (Å²) < 4.78 is -0.0666. The van der Waals surface area contributed by atoms with Crippen LogP contribution in [0.3, 0.4) is 0 Å². The van der Waals surface area contributed by atoms with Gasteiger partial charge in [-0.3, -0.25) is 9.59 Å². The number of rotatable bonds is 3. The van der Waals surface area contributed by atoms with Gasteiger partial charge in [0, 0.05) is 5.56 Å². The number of benzene rings is 2. The van der Waals surface area contributed by atoms with Crippen molar-refractivity contribution in [2.24, 2.45) is 0 Å². The van der Waals surface area contributed by atoms with Crippen LogP contribution in [-0.2, 0) is 9.59 Å². The molecule has 1 aliphatic heterocycles. The van der Waals surface area contributed by atoms with E-state index in [1.165, 1.54) is 0 Å². The SMILES string of the molecule is O=C(Br)c1ccccc1.O=C1CC(C(=O)O)=C(c2ccccc2)N1. The fourth-order valence-electron chi connectivity index (χ4n) is 2.11. The van der Waals surface area contributed by atoms with Crippen LogP contribution in [-0.4, -0.2) is 21.7 Å². The summed E-state index contributed by atoms with van der Waals surface area (Å²) in [6.45, 7) is 0. The molecule has 122 valence electrons. The van der Waals surface area contributed by atoms with Gasteiger partial charge in [-0.25, -0.2) is 4.79 Å². The zero-order valence-corrected chi connectivity index (χ0v) is 14.1. The Hall–Kier alpha value is -2.73. The van der Waals surface area contributed by atoms with Gasteiger partial charge < -0.3 is 10.4 Å². The second kappa shape index (κ2) is 8.21. The predicted octanol–water partition coefficient (Wildman–Crippen LogP) is 3.22. The number of aliphatic carboxylic acids is 1. The first-order valence-electron chi connectivity index (χ1n) is 7.05. The summed E-state index contributed by atoms with van der Waals surface area (Å²) >= 11 is 2.84. The fraction of sp³-hybridized carbons (Fsp3) is 0.0556. The van der Waals surface area contributed by atoms with Crippen LogP contribution in [0.1, 0.15) is 22.3 Å². The maximum Gasteiger partial charge on any atom is 0.334 e. The van der Waals surface area contributed by atoms with Crippen molar-refractivity contribution in [1.82, 2.24) is 5.32 Å². The molecule has 0 saturated heterocycles. The van der Waals surface area contributed by atoms with E-state index in [2.05, 4.69) is 21.2 Å². The molecule has 5 nitrogen and oxygen atoms in total. The van der Waals surface area contributed by atoms with Crippen LogP contribution >= 0.6 is 15.9 Å². The van der Waals surface area contributed by atoms with Crippen molar-refractivity contribution < 1.29 is 19.5 Å². The van der Waals surface area contributed by atoms with E-state index in [0.29, 0.717) is 11.3 Å².